The summed E-state index contributed by atoms with van der Waals surface area (Å²) < 4.78 is 27.5. The zero-order valence-electron chi connectivity index (χ0n) is 20.1. The van der Waals surface area contributed by atoms with Crippen LogP contribution in [0.2, 0.25) is 0 Å². The number of anilines is 1. The van der Waals surface area contributed by atoms with Gasteiger partial charge in [-0.1, -0.05) is 60.7 Å². The molecule has 8 heteroatoms. The molecule has 7 nitrogen and oxygen atoms in total. The highest BCUT2D eigenvalue weighted by atomic mass is 32.2. The van der Waals surface area contributed by atoms with Crippen molar-refractivity contribution in [2.75, 3.05) is 18.9 Å². The van der Waals surface area contributed by atoms with Crippen molar-refractivity contribution >= 4 is 44.0 Å². The van der Waals surface area contributed by atoms with Gasteiger partial charge in [0, 0.05) is 53.3 Å². The summed E-state index contributed by atoms with van der Waals surface area (Å²) in [6, 6.07) is 23.9. The van der Waals surface area contributed by atoms with E-state index in [1.807, 2.05) is 42.5 Å². The Kier molecular flexibility index (Phi) is 6.45. The first-order valence-electron chi connectivity index (χ1n) is 11.8. The van der Waals surface area contributed by atoms with Crippen molar-refractivity contribution in [3.63, 3.8) is 0 Å². The van der Waals surface area contributed by atoms with Crippen molar-refractivity contribution in [2.45, 2.75) is 17.7 Å². The normalized spacial score (nSPS) is 12.9. The van der Waals surface area contributed by atoms with E-state index in [0.29, 0.717) is 17.7 Å². The lowest BCUT2D eigenvalue weighted by atomic mass is 9.84. The number of hydrogen-bond acceptors (Lipinski definition) is 5. The van der Waals surface area contributed by atoms with E-state index in [-0.39, 0.29) is 52.0 Å². The molecule has 0 saturated carbocycles. The van der Waals surface area contributed by atoms with Crippen molar-refractivity contribution < 1.29 is 22.8 Å². The summed E-state index contributed by atoms with van der Waals surface area (Å²) in [5.41, 5.74) is 1.55. The predicted molar refractivity (Wildman–Crippen MR) is 141 cm³/mol. The zero-order chi connectivity index (χ0) is 26.2. The summed E-state index contributed by atoms with van der Waals surface area (Å²) >= 11 is 0. The average molecular weight is 513 g/mol. The fourth-order valence-corrected chi connectivity index (χ4v) is 5.78. The zero-order valence-corrected chi connectivity index (χ0v) is 20.9. The van der Waals surface area contributed by atoms with E-state index in [9.17, 15) is 22.8 Å². The highest BCUT2D eigenvalue weighted by Gasteiger charge is 2.31. The predicted octanol–water partition coefficient (Wildman–Crippen LogP) is 4.65. The number of sulfonamides is 1. The molecule has 0 heterocycles. The van der Waals surface area contributed by atoms with Crippen LogP contribution >= 0.6 is 0 Å². The molecule has 4 aromatic carbocycles. The number of hydrogen-bond donors (Lipinski definition) is 1. The van der Waals surface area contributed by atoms with Gasteiger partial charge in [0.2, 0.25) is 15.9 Å². The fraction of sp³-hybridized carbons (Fsp3) is 0.138. The summed E-state index contributed by atoms with van der Waals surface area (Å²) in [4.78, 5) is 38.2. The number of nitrogens with one attached hydrogen (secondary N) is 1. The minimum absolute atomic E-state index is 0.0745. The molecule has 0 spiro atoms. The van der Waals surface area contributed by atoms with E-state index >= 15 is 0 Å². The van der Waals surface area contributed by atoms with Crippen molar-refractivity contribution in [2.24, 2.45) is 0 Å². The number of rotatable bonds is 7. The Morgan fingerprint density at radius 1 is 0.784 bits per heavy atom. The van der Waals surface area contributed by atoms with Gasteiger partial charge < -0.3 is 5.32 Å². The van der Waals surface area contributed by atoms with Gasteiger partial charge in [-0.05, 0) is 36.1 Å². The minimum atomic E-state index is -3.94. The average Bonchev–Trinajstić information content (AvgIpc) is 2.91. The molecule has 0 atom stereocenters. The molecule has 0 bridgehead atoms. The lowest BCUT2D eigenvalue weighted by Crippen LogP contribution is -2.29. The Hall–Kier alpha value is -4.14. The first-order chi connectivity index (χ1) is 17.8. The Labute approximate surface area is 214 Å². The van der Waals surface area contributed by atoms with Crippen LogP contribution in [0.4, 0.5) is 5.69 Å². The van der Waals surface area contributed by atoms with Gasteiger partial charge in [0.25, 0.3) is 0 Å². The van der Waals surface area contributed by atoms with Gasteiger partial charge in [-0.25, -0.2) is 12.7 Å². The van der Waals surface area contributed by atoms with Gasteiger partial charge in [0.1, 0.15) is 0 Å². The topological polar surface area (TPSA) is 101 Å². The number of benzene rings is 4. The summed E-state index contributed by atoms with van der Waals surface area (Å²) in [7, 11) is -2.51. The summed E-state index contributed by atoms with van der Waals surface area (Å²) in [5, 5.41) is 4.85. The molecule has 0 aliphatic heterocycles. The van der Waals surface area contributed by atoms with Gasteiger partial charge in [-0.15, -0.1) is 0 Å². The summed E-state index contributed by atoms with van der Waals surface area (Å²) in [6.07, 6.45) is 0.444. The minimum Gasteiger partial charge on any atom is -0.326 e. The number of amides is 1. The van der Waals surface area contributed by atoms with Crippen LogP contribution in [0.5, 0.6) is 0 Å². The molecule has 4 aromatic rings. The van der Waals surface area contributed by atoms with Crippen LogP contribution in [0.15, 0.2) is 89.8 Å². The molecule has 0 radical (unpaired) electrons. The van der Waals surface area contributed by atoms with E-state index in [4.69, 9.17) is 0 Å². The second-order valence-corrected chi connectivity index (χ2v) is 11.0. The van der Waals surface area contributed by atoms with Gasteiger partial charge in [-0.3, -0.25) is 14.4 Å². The molecule has 37 heavy (non-hydrogen) atoms. The second-order valence-electron chi connectivity index (χ2n) is 8.92. The van der Waals surface area contributed by atoms with E-state index < -0.39 is 10.0 Å². The van der Waals surface area contributed by atoms with Gasteiger partial charge in [-0.2, -0.15) is 0 Å². The summed E-state index contributed by atoms with van der Waals surface area (Å²) in [6.45, 7) is 0.109. The largest absolute Gasteiger partial charge is 0.326 e. The molecule has 0 unspecified atom stereocenters. The lowest BCUT2D eigenvalue weighted by Gasteiger charge is -2.20. The Bertz CT molecular complexity index is 1670. The van der Waals surface area contributed by atoms with Gasteiger partial charge >= 0.3 is 0 Å². The number of carbonyl (C=O) groups excluding carboxylic acids is 3. The monoisotopic (exact) mass is 512 g/mol. The van der Waals surface area contributed by atoms with E-state index in [1.165, 1.54) is 25.2 Å². The van der Waals surface area contributed by atoms with Crippen LogP contribution < -0.4 is 5.32 Å². The highest BCUT2D eigenvalue weighted by molar-refractivity contribution is 7.89. The third kappa shape index (κ3) is 4.57. The Morgan fingerprint density at radius 3 is 2.16 bits per heavy atom. The van der Waals surface area contributed by atoms with Crippen LogP contribution in [0.1, 0.15) is 44.7 Å². The van der Waals surface area contributed by atoms with Crippen molar-refractivity contribution in [3.05, 3.63) is 107 Å². The van der Waals surface area contributed by atoms with Crippen LogP contribution in [-0.2, 0) is 14.8 Å². The molecule has 1 amide bonds. The van der Waals surface area contributed by atoms with E-state index in [1.54, 1.807) is 24.3 Å². The Morgan fingerprint density at radius 2 is 1.41 bits per heavy atom. The molecule has 1 N–H and O–H groups in total. The first-order valence-corrected chi connectivity index (χ1v) is 13.3. The van der Waals surface area contributed by atoms with Crippen LogP contribution in [0.3, 0.4) is 0 Å². The molecule has 1 aliphatic rings. The second kappa shape index (κ2) is 9.72. The molecule has 0 aromatic heterocycles. The fourth-order valence-electron chi connectivity index (χ4n) is 4.55. The van der Waals surface area contributed by atoms with Crippen LogP contribution in [-0.4, -0.2) is 43.8 Å². The standard InChI is InChI=1S/C29H24N2O5S/c1-31(17-7-14-27(32)30-26-13-6-9-19-8-2-3-10-21(19)26)37(35,36)20-15-16-24-25(18-20)29(34)23-12-5-4-11-22(23)28(24)33/h2-6,8-13,15-16,18H,7,14,17H2,1H3,(H,30,32). The molecular formula is C29H24N2O5S. The third-order valence-corrected chi connectivity index (χ3v) is 8.40. The van der Waals surface area contributed by atoms with Gasteiger partial charge in [0.05, 0.1) is 4.90 Å². The quantitative estimate of drug-likeness (QED) is 0.342. The molecule has 5 rings (SSSR count). The highest BCUT2D eigenvalue weighted by Crippen LogP contribution is 2.30. The molecule has 1 aliphatic carbocycles. The summed E-state index contributed by atoms with van der Waals surface area (Å²) in [5.74, 6) is -0.895. The van der Waals surface area contributed by atoms with Crippen molar-refractivity contribution in [1.82, 2.24) is 4.31 Å². The van der Waals surface area contributed by atoms with Gasteiger partial charge in [0.15, 0.2) is 11.6 Å². The first kappa shape index (κ1) is 24.5. The van der Waals surface area contributed by atoms with E-state index in [0.717, 1.165) is 15.1 Å². The maximum Gasteiger partial charge on any atom is 0.242 e. The number of ketones is 2. The van der Waals surface area contributed by atoms with Crippen LogP contribution in [0.25, 0.3) is 10.8 Å². The Balaban J connectivity index is 1.26. The molecule has 186 valence electrons. The van der Waals surface area contributed by atoms with Crippen molar-refractivity contribution in [1.29, 1.82) is 0 Å². The van der Waals surface area contributed by atoms with Crippen molar-refractivity contribution in [3.8, 4) is 0 Å². The molecule has 0 saturated heterocycles. The maximum atomic E-state index is 13.2. The molecular weight excluding hydrogens is 488 g/mol. The SMILES string of the molecule is CN(CCCC(=O)Nc1cccc2ccccc12)S(=O)(=O)c1ccc2c(c1)C(=O)c1ccccc1C2=O. The van der Waals surface area contributed by atoms with E-state index in [2.05, 4.69) is 5.32 Å². The number of fused-ring (bicyclic) bond motifs is 3. The molecule has 0 fully saturated rings. The van der Waals surface area contributed by atoms with Crippen LogP contribution in [0, 0.1) is 0 Å². The third-order valence-electron chi connectivity index (χ3n) is 6.55. The maximum absolute atomic E-state index is 13.2. The lowest BCUT2D eigenvalue weighted by molar-refractivity contribution is -0.116. The number of carbonyl (C=O) groups is 3. The number of nitrogens with zero attached hydrogens (tertiary/aromatic N) is 1. The smallest absolute Gasteiger partial charge is 0.242 e.